The highest BCUT2D eigenvalue weighted by atomic mass is 35.5. The SMILES string of the molecule is Cl.NCCCOC1CCN(C(=O)c2n[nH]c3ccc([N+](=O)[O-])cc23)CC1. The molecular formula is C16H22ClN5O4. The number of fused-ring (bicyclic) bond motifs is 1. The number of carbonyl (C=O) groups excluding carboxylic acids is 1. The number of nitro groups is 1. The number of non-ortho nitro benzene ring substituents is 1. The van der Waals surface area contributed by atoms with Gasteiger partial charge in [0, 0.05) is 37.2 Å². The standard InChI is InChI=1S/C16H21N5O4.ClH/c17-6-1-9-25-12-4-7-20(8-5-12)16(22)15-13-10-11(21(23)24)2-3-14(13)18-19-15;/h2-3,10,12H,1,4-9,17H2,(H,18,19);1H. The van der Waals surface area contributed by atoms with E-state index in [4.69, 9.17) is 10.5 Å². The van der Waals surface area contributed by atoms with Crippen LogP contribution in [0.5, 0.6) is 0 Å². The van der Waals surface area contributed by atoms with Gasteiger partial charge >= 0.3 is 0 Å². The minimum absolute atomic E-state index is 0. The Morgan fingerprint density at radius 3 is 2.81 bits per heavy atom. The number of aromatic amines is 1. The number of hydrogen-bond acceptors (Lipinski definition) is 6. The van der Waals surface area contributed by atoms with Gasteiger partial charge in [-0.05, 0) is 31.9 Å². The highest BCUT2D eigenvalue weighted by Crippen LogP contribution is 2.24. The molecule has 0 bridgehead atoms. The lowest BCUT2D eigenvalue weighted by molar-refractivity contribution is -0.384. The van der Waals surface area contributed by atoms with Gasteiger partial charge in [-0.1, -0.05) is 0 Å². The first-order chi connectivity index (χ1) is 12.1. The van der Waals surface area contributed by atoms with Crippen molar-refractivity contribution in [2.24, 2.45) is 5.73 Å². The minimum atomic E-state index is -0.481. The molecule has 1 aromatic heterocycles. The largest absolute Gasteiger partial charge is 0.378 e. The van der Waals surface area contributed by atoms with Crippen molar-refractivity contribution >= 4 is 34.9 Å². The first kappa shape index (κ1) is 20.1. The zero-order valence-corrected chi connectivity index (χ0v) is 15.0. The van der Waals surface area contributed by atoms with Gasteiger partial charge in [0.25, 0.3) is 11.6 Å². The van der Waals surface area contributed by atoms with Crippen LogP contribution in [0.25, 0.3) is 10.9 Å². The van der Waals surface area contributed by atoms with Gasteiger partial charge in [0.1, 0.15) is 0 Å². The number of rotatable bonds is 6. The van der Waals surface area contributed by atoms with E-state index in [1.165, 1.54) is 12.1 Å². The molecule has 26 heavy (non-hydrogen) atoms. The molecule has 1 aromatic carbocycles. The molecule has 10 heteroatoms. The summed E-state index contributed by atoms with van der Waals surface area (Å²) in [7, 11) is 0. The van der Waals surface area contributed by atoms with Crippen LogP contribution in [0.3, 0.4) is 0 Å². The van der Waals surface area contributed by atoms with Crippen LogP contribution < -0.4 is 5.73 Å². The van der Waals surface area contributed by atoms with Crippen LogP contribution in [-0.4, -0.2) is 58.3 Å². The summed E-state index contributed by atoms with van der Waals surface area (Å²) in [6, 6.07) is 4.34. The van der Waals surface area contributed by atoms with E-state index < -0.39 is 4.92 Å². The van der Waals surface area contributed by atoms with Gasteiger partial charge < -0.3 is 15.4 Å². The van der Waals surface area contributed by atoms with Crippen LogP contribution >= 0.6 is 12.4 Å². The van der Waals surface area contributed by atoms with Crippen molar-refractivity contribution in [2.45, 2.75) is 25.4 Å². The summed E-state index contributed by atoms with van der Waals surface area (Å²) >= 11 is 0. The van der Waals surface area contributed by atoms with E-state index >= 15 is 0 Å². The van der Waals surface area contributed by atoms with Gasteiger partial charge in [-0.3, -0.25) is 20.0 Å². The number of piperidine rings is 1. The highest BCUT2D eigenvalue weighted by molar-refractivity contribution is 6.05. The van der Waals surface area contributed by atoms with E-state index in [0.29, 0.717) is 37.1 Å². The number of nitrogens with two attached hydrogens (primary N) is 1. The Balaban J connectivity index is 0.00000243. The molecular weight excluding hydrogens is 362 g/mol. The molecule has 1 saturated heterocycles. The smallest absolute Gasteiger partial charge is 0.274 e. The van der Waals surface area contributed by atoms with Gasteiger partial charge in [-0.2, -0.15) is 5.10 Å². The fourth-order valence-corrected chi connectivity index (χ4v) is 2.99. The van der Waals surface area contributed by atoms with Crippen molar-refractivity contribution < 1.29 is 14.5 Å². The third-order valence-corrected chi connectivity index (χ3v) is 4.39. The minimum Gasteiger partial charge on any atom is -0.378 e. The van der Waals surface area contributed by atoms with E-state index in [-0.39, 0.29) is 35.8 Å². The lowest BCUT2D eigenvalue weighted by Gasteiger charge is -2.31. The van der Waals surface area contributed by atoms with E-state index in [9.17, 15) is 14.9 Å². The van der Waals surface area contributed by atoms with Crippen LogP contribution in [0.1, 0.15) is 29.8 Å². The Kier molecular flexibility index (Phi) is 6.90. The summed E-state index contributed by atoms with van der Waals surface area (Å²) in [6.07, 6.45) is 2.50. The average Bonchev–Trinajstić information content (AvgIpc) is 3.05. The van der Waals surface area contributed by atoms with Crippen LogP contribution in [0, 0.1) is 10.1 Å². The summed E-state index contributed by atoms with van der Waals surface area (Å²) in [5, 5.41) is 18.3. The summed E-state index contributed by atoms with van der Waals surface area (Å²) in [5.74, 6) is -0.216. The number of likely N-dealkylation sites (tertiary alicyclic amines) is 1. The Hall–Kier alpha value is -2.23. The lowest BCUT2D eigenvalue weighted by atomic mass is 10.1. The molecule has 0 atom stereocenters. The number of benzene rings is 1. The van der Waals surface area contributed by atoms with Crippen LogP contribution in [-0.2, 0) is 4.74 Å². The summed E-state index contributed by atoms with van der Waals surface area (Å²) in [4.78, 5) is 24.9. The van der Waals surface area contributed by atoms with Crippen molar-refractivity contribution in [2.75, 3.05) is 26.2 Å². The van der Waals surface area contributed by atoms with Gasteiger partial charge in [0.05, 0.1) is 16.5 Å². The molecule has 9 nitrogen and oxygen atoms in total. The number of nitrogens with zero attached hydrogens (tertiary/aromatic N) is 3. The molecule has 2 aromatic rings. The fraction of sp³-hybridized carbons (Fsp3) is 0.500. The number of H-pyrrole nitrogens is 1. The maximum absolute atomic E-state index is 12.7. The maximum Gasteiger partial charge on any atom is 0.274 e. The quantitative estimate of drug-likeness (QED) is 0.445. The van der Waals surface area contributed by atoms with Crippen molar-refractivity contribution in [1.82, 2.24) is 15.1 Å². The second-order valence-corrected chi connectivity index (χ2v) is 6.06. The van der Waals surface area contributed by atoms with Gasteiger partial charge in [0.2, 0.25) is 0 Å². The van der Waals surface area contributed by atoms with Crippen LogP contribution in [0.4, 0.5) is 5.69 Å². The number of amides is 1. The number of halogens is 1. The molecule has 3 N–H and O–H groups in total. The number of nitro benzene ring substituents is 1. The zero-order valence-electron chi connectivity index (χ0n) is 14.2. The number of carbonyl (C=O) groups is 1. The lowest BCUT2D eigenvalue weighted by Crippen LogP contribution is -2.41. The van der Waals surface area contributed by atoms with E-state index in [1.54, 1.807) is 11.0 Å². The first-order valence-electron chi connectivity index (χ1n) is 8.33. The molecule has 0 saturated carbocycles. The number of aromatic nitrogens is 2. The van der Waals surface area contributed by atoms with E-state index in [0.717, 1.165) is 19.3 Å². The van der Waals surface area contributed by atoms with Crippen molar-refractivity contribution in [1.29, 1.82) is 0 Å². The van der Waals surface area contributed by atoms with Gasteiger partial charge in [-0.15, -0.1) is 12.4 Å². The predicted molar refractivity (Wildman–Crippen MR) is 98.5 cm³/mol. The van der Waals surface area contributed by atoms with Crippen LogP contribution in [0.2, 0.25) is 0 Å². The molecule has 1 fully saturated rings. The van der Waals surface area contributed by atoms with E-state index in [1.807, 2.05) is 0 Å². The Morgan fingerprint density at radius 2 is 2.15 bits per heavy atom. The third kappa shape index (κ3) is 4.29. The average molecular weight is 384 g/mol. The molecule has 2 heterocycles. The molecule has 0 aliphatic carbocycles. The molecule has 3 rings (SSSR count). The van der Waals surface area contributed by atoms with Crippen molar-refractivity contribution in [3.8, 4) is 0 Å². The monoisotopic (exact) mass is 383 g/mol. The Morgan fingerprint density at radius 1 is 1.42 bits per heavy atom. The molecule has 0 spiro atoms. The first-order valence-corrected chi connectivity index (χ1v) is 8.33. The zero-order chi connectivity index (χ0) is 17.8. The molecule has 142 valence electrons. The fourth-order valence-electron chi connectivity index (χ4n) is 2.99. The van der Waals surface area contributed by atoms with E-state index in [2.05, 4.69) is 10.2 Å². The molecule has 1 aliphatic heterocycles. The van der Waals surface area contributed by atoms with Crippen LogP contribution in [0.15, 0.2) is 18.2 Å². The molecule has 0 unspecified atom stereocenters. The Labute approximate surface area is 156 Å². The second-order valence-electron chi connectivity index (χ2n) is 6.06. The van der Waals surface area contributed by atoms with Gasteiger partial charge in [-0.25, -0.2) is 0 Å². The van der Waals surface area contributed by atoms with Crippen molar-refractivity contribution in [3.05, 3.63) is 34.0 Å². The van der Waals surface area contributed by atoms with Gasteiger partial charge in [0.15, 0.2) is 5.69 Å². The second kappa shape index (κ2) is 8.93. The maximum atomic E-state index is 12.7. The summed E-state index contributed by atoms with van der Waals surface area (Å²) in [5.41, 5.74) is 6.22. The molecule has 1 amide bonds. The molecule has 1 aliphatic rings. The van der Waals surface area contributed by atoms with Crippen molar-refractivity contribution in [3.63, 3.8) is 0 Å². The molecule has 0 radical (unpaired) electrons. The predicted octanol–water partition coefficient (Wildman–Crippen LogP) is 1.86. The summed E-state index contributed by atoms with van der Waals surface area (Å²) in [6.45, 7) is 2.41. The number of nitrogens with one attached hydrogen (secondary N) is 1. The number of hydrogen-bond donors (Lipinski definition) is 2. The topological polar surface area (TPSA) is 127 Å². The Bertz CT molecular complexity index is 773. The third-order valence-electron chi connectivity index (χ3n) is 4.39. The number of ether oxygens (including phenoxy) is 1. The summed E-state index contributed by atoms with van der Waals surface area (Å²) < 4.78 is 5.74. The normalized spacial score (nSPS) is 15.0. The highest BCUT2D eigenvalue weighted by Gasteiger charge is 2.27.